The van der Waals surface area contributed by atoms with Crippen LogP contribution in [0.4, 0.5) is 5.69 Å². The summed E-state index contributed by atoms with van der Waals surface area (Å²) in [7, 11) is 0. The van der Waals surface area contributed by atoms with Crippen LogP contribution >= 0.6 is 23.8 Å². The predicted molar refractivity (Wildman–Crippen MR) is 111 cm³/mol. The van der Waals surface area contributed by atoms with Gasteiger partial charge in [0.2, 0.25) is 0 Å². The zero-order valence-electron chi connectivity index (χ0n) is 15.0. The summed E-state index contributed by atoms with van der Waals surface area (Å²) < 4.78 is 11.9. The number of para-hydroxylation sites is 2. The molecular weight excluding hydrogens is 368 g/mol. The molecule has 4 nitrogen and oxygen atoms in total. The third kappa shape index (κ3) is 4.59. The number of halogens is 1. The molecule has 2 aromatic carbocycles. The van der Waals surface area contributed by atoms with Gasteiger partial charge in [-0.15, -0.1) is 0 Å². The molecule has 138 valence electrons. The highest BCUT2D eigenvalue weighted by molar-refractivity contribution is 7.80. The van der Waals surface area contributed by atoms with Gasteiger partial charge in [0.1, 0.15) is 6.61 Å². The minimum Gasteiger partial charge on any atom is -0.486 e. The SMILES string of the molecule is CCCN(C[C@@H]1COc2ccccc2O1)C(=S)Nc1ccc(C)c(Cl)c1. The first-order chi connectivity index (χ1) is 12.6. The van der Waals surface area contributed by atoms with Crippen molar-refractivity contribution in [2.24, 2.45) is 0 Å². The third-order valence-corrected chi connectivity index (χ3v) is 4.96. The molecule has 1 aliphatic heterocycles. The van der Waals surface area contributed by atoms with Crippen LogP contribution in [0.2, 0.25) is 5.02 Å². The van der Waals surface area contributed by atoms with Gasteiger partial charge in [0.15, 0.2) is 22.7 Å². The second-order valence-electron chi connectivity index (χ2n) is 6.34. The molecule has 1 atom stereocenters. The fourth-order valence-corrected chi connectivity index (χ4v) is 3.28. The molecule has 0 saturated carbocycles. The summed E-state index contributed by atoms with van der Waals surface area (Å²) in [4.78, 5) is 2.12. The highest BCUT2D eigenvalue weighted by atomic mass is 35.5. The van der Waals surface area contributed by atoms with Crippen LogP contribution in [0.3, 0.4) is 0 Å². The Balaban J connectivity index is 1.65. The second-order valence-corrected chi connectivity index (χ2v) is 7.13. The monoisotopic (exact) mass is 390 g/mol. The maximum Gasteiger partial charge on any atom is 0.173 e. The smallest absolute Gasteiger partial charge is 0.173 e. The molecular formula is C20H23ClN2O2S. The van der Waals surface area contributed by atoms with Crippen LogP contribution in [0.5, 0.6) is 11.5 Å². The van der Waals surface area contributed by atoms with Gasteiger partial charge in [-0.05, 0) is 55.4 Å². The number of benzene rings is 2. The molecule has 1 heterocycles. The lowest BCUT2D eigenvalue weighted by Gasteiger charge is -2.32. The van der Waals surface area contributed by atoms with Crippen molar-refractivity contribution < 1.29 is 9.47 Å². The van der Waals surface area contributed by atoms with E-state index in [1.807, 2.05) is 49.4 Å². The second kappa shape index (κ2) is 8.60. The quantitative estimate of drug-likeness (QED) is 0.734. The molecule has 0 amide bonds. The standard InChI is InChI=1S/C20H23ClN2O2S/c1-3-10-23(20(26)22-15-9-8-14(2)17(21)11-15)12-16-13-24-18-6-4-5-7-19(18)25-16/h4-9,11,16H,3,10,12-13H2,1-2H3,(H,22,26)/t16-/m1/s1. The van der Waals surface area contributed by atoms with Gasteiger partial charge in [-0.2, -0.15) is 0 Å². The summed E-state index contributed by atoms with van der Waals surface area (Å²) in [5.74, 6) is 1.57. The molecule has 26 heavy (non-hydrogen) atoms. The van der Waals surface area contributed by atoms with Crippen molar-refractivity contribution in [2.75, 3.05) is 25.0 Å². The molecule has 6 heteroatoms. The lowest BCUT2D eigenvalue weighted by molar-refractivity contribution is 0.0746. The maximum absolute atomic E-state index is 6.21. The van der Waals surface area contributed by atoms with E-state index in [0.29, 0.717) is 18.3 Å². The average molecular weight is 391 g/mol. The fourth-order valence-electron chi connectivity index (χ4n) is 2.82. The Kier molecular flexibility index (Phi) is 6.22. The number of ether oxygens (including phenoxy) is 2. The van der Waals surface area contributed by atoms with Crippen LogP contribution in [0.25, 0.3) is 0 Å². The fraction of sp³-hybridized carbons (Fsp3) is 0.350. The first-order valence-corrected chi connectivity index (χ1v) is 9.56. The van der Waals surface area contributed by atoms with E-state index in [2.05, 4.69) is 17.1 Å². The maximum atomic E-state index is 6.21. The first-order valence-electron chi connectivity index (χ1n) is 8.77. The normalized spacial score (nSPS) is 15.4. The number of hydrogen-bond acceptors (Lipinski definition) is 3. The van der Waals surface area contributed by atoms with Gasteiger partial charge in [-0.25, -0.2) is 0 Å². The van der Waals surface area contributed by atoms with Gasteiger partial charge in [0, 0.05) is 17.3 Å². The average Bonchev–Trinajstić information content (AvgIpc) is 2.64. The molecule has 0 aromatic heterocycles. The van der Waals surface area contributed by atoms with Crippen LogP contribution in [0.1, 0.15) is 18.9 Å². The number of aryl methyl sites for hydroxylation is 1. The predicted octanol–water partition coefficient (Wildman–Crippen LogP) is 4.90. The lowest BCUT2D eigenvalue weighted by Crippen LogP contribution is -2.45. The number of rotatable bonds is 5. The molecule has 0 spiro atoms. The summed E-state index contributed by atoms with van der Waals surface area (Å²) in [6.45, 7) is 6.12. The van der Waals surface area contributed by atoms with Crippen molar-refractivity contribution >= 4 is 34.6 Å². The van der Waals surface area contributed by atoms with E-state index in [1.165, 1.54) is 0 Å². The molecule has 0 saturated heterocycles. The van der Waals surface area contributed by atoms with E-state index >= 15 is 0 Å². The van der Waals surface area contributed by atoms with E-state index in [9.17, 15) is 0 Å². The molecule has 2 aromatic rings. The van der Waals surface area contributed by atoms with Crippen LogP contribution in [-0.2, 0) is 0 Å². The van der Waals surface area contributed by atoms with Gasteiger partial charge in [-0.3, -0.25) is 0 Å². The molecule has 0 aliphatic carbocycles. The Morgan fingerprint density at radius 2 is 2.04 bits per heavy atom. The number of hydrogen-bond donors (Lipinski definition) is 1. The minimum atomic E-state index is -0.0715. The number of anilines is 1. The van der Waals surface area contributed by atoms with Crippen molar-refractivity contribution in [1.29, 1.82) is 0 Å². The van der Waals surface area contributed by atoms with E-state index < -0.39 is 0 Å². The molecule has 0 bridgehead atoms. The lowest BCUT2D eigenvalue weighted by atomic mass is 10.2. The molecule has 3 rings (SSSR count). The van der Waals surface area contributed by atoms with Gasteiger partial charge in [0.05, 0.1) is 6.54 Å². The largest absolute Gasteiger partial charge is 0.486 e. The van der Waals surface area contributed by atoms with Gasteiger partial charge < -0.3 is 19.7 Å². The number of nitrogens with zero attached hydrogens (tertiary/aromatic N) is 1. The summed E-state index contributed by atoms with van der Waals surface area (Å²) in [6, 6.07) is 13.6. The Hall–Kier alpha value is -1.98. The van der Waals surface area contributed by atoms with E-state index in [4.69, 9.17) is 33.3 Å². The molecule has 0 fully saturated rings. The third-order valence-electron chi connectivity index (χ3n) is 4.20. The number of thiocarbonyl (C=S) groups is 1. The van der Waals surface area contributed by atoms with E-state index in [0.717, 1.165) is 40.7 Å². The van der Waals surface area contributed by atoms with Gasteiger partial charge >= 0.3 is 0 Å². The molecule has 0 unspecified atom stereocenters. The Labute approximate surface area is 165 Å². The zero-order chi connectivity index (χ0) is 18.5. The van der Waals surface area contributed by atoms with Crippen molar-refractivity contribution in [1.82, 2.24) is 4.90 Å². The topological polar surface area (TPSA) is 33.7 Å². The highest BCUT2D eigenvalue weighted by Crippen LogP contribution is 2.31. The van der Waals surface area contributed by atoms with Crippen LogP contribution < -0.4 is 14.8 Å². The number of nitrogens with one attached hydrogen (secondary N) is 1. The molecule has 1 aliphatic rings. The zero-order valence-corrected chi connectivity index (χ0v) is 16.6. The van der Waals surface area contributed by atoms with Crippen LogP contribution in [-0.4, -0.2) is 35.8 Å². The number of fused-ring (bicyclic) bond motifs is 1. The molecule has 0 radical (unpaired) electrons. The molecule has 1 N–H and O–H groups in total. The van der Waals surface area contributed by atoms with Gasteiger partial charge in [-0.1, -0.05) is 36.7 Å². The van der Waals surface area contributed by atoms with Crippen LogP contribution in [0, 0.1) is 6.92 Å². The summed E-state index contributed by atoms with van der Waals surface area (Å²) in [6.07, 6.45) is 0.915. The summed E-state index contributed by atoms with van der Waals surface area (Å²) in [5.41, 5.74) is 1.93. The van der Waals surface area contributed by atoms with Crippen molar-refractivity contribution in [3.05, 3.63) is 53.1 Å². The highest BCUT2D eigenvalue weighted by Gasteiger charge is 2.24. The van der Waals surface area contributed by atoms with E-state index in [1.54, 1.807) is 0 Å². The van der Waals surface area contributed by atoms with Crippen molar-refractivity contribution in [3.63, 3.8) is 0 Å². The Morgan fingerprint density at radius 1 is 1.27 bits per heavy atom. The van der Waals surface area contributed by atoms with E-state index in [-0.39, 0.29) is 6.10 Å². The first kappa shape index (κ1) is 18.8. The van der Waals surface area contributed by atoms with Crippen molar-refractivity contribution in [2.45, 2.75) is 26.4 Å². The minimum absolute atomic E-state index is 0.0715. The summed E-state index contributed by atoms with van der Waals surface area (Å²) >= 11 is 11.8. The Morgan fingerprint density at radius 3 is 2.77 bits per heavy atom. The van der Waals surface area contributed by atoms with Crippen molar-refractivity contribution in [3.8, 4) is 11.5 Å². The van der Waals surface area contributed by atoms with Crippen LogP contribution in [0.15, 0.2) is 42.5 Å². The summed E-state index contributed by atoms with van der Waals surface area (Å²) in [5, 5.41) is 4.66. The Bertz CT molecular complexity index is 784. The van der Waals surface area contributed by atoms with Gasteiger partial charge in [0.25, 0.3) is 0 Å².